The molecule has 0 saturated heterocycles. The Morgan fingerprint density at radius 1 is 1.34 bits per heavy atom. The molecule has 8 heteroatoms. The van der Waals surface area contributed by atoms with Crippen LogP contribution in [0.4, 0.5) is 4.39 Å². The van der Waals surface area contributed by atoms with E-state index >= 15 is 4.39 Å². The van der Waals surface area contributed by atoms with Gasteiger partial charge < -0.3 is 10.5 Å². The number of halogens is 1. The minimum Gasteiger partial charge on any atom is -0.498 e. The first kappa shape index (κ1) is 18.8. The van der Waals surface area contributed by atoms with Gasteiger partial charge >= 0.3 is 5.69 Å². The van der Waals surface area contributed by atoms with Gasteiger partial charge in [-0.2, -0.15) is 0 Å². The van der Waals surface area contributed by atoms with E-state index in [2.05, 4.69) is 11.1 Å². The van der Waals surface area contributed by atoms with E-state index in [0.717, 1.165) is 37.0 Å². The monoisotopic (exact) mass is 417 g/mol. The van der Waals surface area contributed by atoms with Crippen LogP contribution in [0.25, 0.3) is 11.8 Å². The molecule has 29 heavy (non-hydrogen) atoms. The number of H-pyrrole nitrogens is 1. The van der Waals surface area contributed by atoms with Crippen LogP contribution in [0.1, 0.15) is 58.9 Å². The largest absolute Gasteiger partial charge is 0.498 e. The number of hydrogen-bond acceptors (Lipinski definition) is 5. The van der Waals surface area contributed by atoms with Gasteiger partial charge in [0.15, 0.2) is 0 Å². The fourth-order valence-corrected chi connectivity index (χ4v) is 6.20. The number of aryl methyl sites for hydroxylation is 1. The highest BCUT2D eigenvalue weighted by Crippen LogP contribution is 2.43. The molecular formula is C21H24FN3O3S. The molecule has 3 N–H and O–H groups in total. The average Bonchev–Trinajstić information content (AvgIpc) is 3.44. The fourth-order valence-electron chi connectivity index (χ4n) is 4.78. The van der Waals surface area contributed by atoms with Gasteiger partial charge in [0.2, 0.25) is 0 Å². The van der Waals surface area contributed by atoms with E-state index < -0.39 is 23.3 Å². The lowest BCUT2D eigenvalue weighted by atomic mass is 9.86. The van der Waals surface area contributed by atoms with Crippen LogP contribution in [0, 0.1) is 0 Å². The van der Waals surface area contributed by atoms with Gasteiger partial charge in [-0.1, -0.05) is 0 Å². The van der Waals surface area contributed by atoms with Gasteiger partial charge in [0, 0.05) is 15.8 Å². The summed E-state index contributed by atoms with van der Waals surface area (Å²) in [6.07, 6.45) is 4.80. The van der Waals surface area contributed by atoms with Crippen LogP contribution in [-0.2, 0) is 11.2 Å². The summed E-state index contributed by atoms with van der Waals surface area (Å²) >= 11 is 1.61. The van der Waals surface area contributed by atoms with E-state index in [9.17, 15) is 9.59 Å². The Bertz CT molecular complexity index is 1210. The van der Waals surface area contributed by atoms with E-state index in [1.165, 1.54) is 23.6 Å². The summed E-state index contributed by atoms with van der Waals surface area (Å²) in [6, 6.07) is 2.10. The van der Waals surface area contributed by atoms with E-state index in [1.54, 1.807) is 15.9 Å². The van der Waals surface area contributed by atoms with Crippen molar-refractivity contribution in [2.24, 2.45) is 5.73 Å². The predicted molar refractivity (Wildman–Crippen MR) is 110 cm³/mol. The Kier molecular flexibility index (Phi) is 4.51. The Hall–Kier alpha value is -2.19. The summed E-state index contributed by atoms with van der Waals surface area (Å²) in [6.45, 7) is 0.583. The number of nitrogens with one attached hydrogen (secondary N) is 1. The predicted octanol–water partition coefficient (Wildman–Crippen LogP) is 0.982. The van der Waals surface area contributed by atoms with Crippen molar-refractivity contribution in [1.29, 1.82) is 0 Å². The highest BCUT2D eigenvalue weighted by atomic mass is 32.1. The van der Waals surface area contributed by atoms with Gasteiger partial charge in [-0.15, -0.1) is 11.3 Å². The van der Waals surface area contributed by atoms with Crippen LogP contribution in [0.2, 0.25) is 0 Å². The summed E-state index contributed by atoms with van der Waals surface area (Å²) in [5.74, 6) is 0.0147. The molecule has 5 rings (SSSR count). The maximum atomic E-state index is 15.4. The molecule has 0 aromatic carbocycles. The molecule has 0 radical (unpaired) electrons. The van der Waals surface area contributed by atoms with Crippen molar-refractivity contribution in [2.45, 2.75) is 56.2 Å². The van der Waals surface area contributed by atoms with Crippen molar-refractivity contribution in [2.75, 3.05) is 13.7 Å². The van der Waals surface area contributed by atoms with E-state index in [0.29, 0.717) is 23.6 Å². The topological polar surface area (TPSA) is 90.1 Å². The summed E-state index contributed by atoms with van der Waals surface area (Å²) in [4.78, 5) is 29.4. The molecule has 2 aromatic heterocycles. The lowest BCUT2D eigenvalue weighted by molar-refractivity contribution is 0.292. The van der Waals surface area contributed by atoms with Gasteiger partial charge in [0.05, 0.1) is 23.6 Å². The van der Waals surface area contributed by atoms with Gasteiger partial charge in [-0.25, -0.2) is 9.18 Å². The fraction of sp³-hybridized carbons (Fsp3) is 0.524. The molecule has 2 heterocycles. The average molecular weight is 418 g/mol. The molecule has 0 aliphatic heterocycles. The van der Waals surface area contributed by atoms with E-state index in [-0.39, 0.29) is 11.3 Å². The summed E-state index contributed by atoms with van der Waals surface area (Å²) < 4.78 is 22.7. The third kappa shape index (κ3) is 2.92. The van der Waals surface area contributed by atoms with Crippen LogP contribution in [0.3, 0.4) is 0 Å². The molecular weight excluding hydrogens is 393 g/mol. The van der Waals surface area contributed by atoms with Crippen molar-refractivity contribution < 1.29 is 9.13 Å². The van der Waals surface area contributed by atoms with Crippen LogP contribution in [-0.4, -0.2) is 29.4 Å². The second-order valence-corrected chi connectivity index (χ2v) is 9.30. The Balaban J connectivity index is 1.76. The Morgan fingerprint density at radius 3 is 2.83 bits per heavy atom. The number of nitrogens with two attached hydrogens (primary N) is 1. The van der Waals surface area contributed by atoms with Crippen molar-refractivity contribution in [1.82, 2.24) is 9.55 Å². The van der Waals surface area contributed by atoms with Crippen LogP contribution in [0.15, 0.2) is 15.7 Å². The van der Waals surface area contributed by atoms with Gasteiger partial charge in [-0.05, 0) is 62.3 Å². The maximum Gasteiger partial charge on any atom is 0.329 e. The third-order valence-electron chi connectivity index (χ3n) is 6.32. The number of nitrogens with zero attached hydrogens (tertiary/aromatic N) is 1. The minimum absolute atomic E-state index is 0.0293. The number of rotatable bonds is 4. The number of thiophene rings is 1. The SMILES string of the molecule is COC1=c2c(c(=O)[nH]c(=O)n2C2CC2)=CC(F)C1c1cc2c(s1)CCCC2CN. The number of fused-ring (bicyclic) bond motifs is 2. The van der Waals surface area contributed by atoms with Crippen molar-refractivity contribution in [3.8, 4) is 0 Å². The zero-order valence-corrected chi connectivity index (χ0v) is 17.1. The maximum absolute atomic E-state index is 15.4. The number of aromatic amines is 1. The van der Waals surface area contributed by atoms with Gasteiger partial charge in [-0.3, -0.25) is 14.3 Å². The van der Waals surface area contributed by atoms with Crippen molar-refractivity contribution >= 4 is 23.2 Å². The number of alkyl halides is 1. The summed E-state index contributed by atoms with van der Waals surface area (Å²) in [7, 11) is 1.49. The summed E-state index contributed by atoms with van der Waals surface area (Å²) in [5, 5.41) is 0.627. The van der Waals surface area contributed by atoms with Gasteiger partial charge in [0.1, 0.15) is 11.9 Å². The van der Waals surface area contributed by atoms with Crippen molar-refractivity contribution in [3.05, 3.63) is 52.8 Å². The molecule has 0 amide bonds. The quantitative estimate of drug-likeness (QED) is 0.776. The van der Waals surface area contributed by atoms with Crippen LogP contribution in [0.5, 0.6) is 0 Å². The molecule has 3 aliphatic rings. The number of aromatic nitrogens is 2. The number of methoxy groups -OCH3 is 1. The second-order valence-electron chi connectivity index (χ2n) is 8.13. The number of hydrogen-bond donors (Lipinski definition) is 2. The molecule has 2 aromatic rings. The van der Waals surface area contributed by atoms with E-state index in [1.807, 2.05) is 0 Å². The van der Waals surface area contributed by atoms with Crippen LogP contribution < -0.4 is 27.6 Å². The molecule has 154 valence electrons. The van der Waals surface area contributed by atoms with E-state index in [4.69, 9.17) is 10.5 Å². The molecule has 6 nitrogen and oxygen atoms in total. The first-order chi connectivity index (χ1) is 14.0. The molecule has 1 fully saturated rings. The second kappa shape index (κ2) is 6.95. The lowest BCUT2D eigenvalue weighted by Gasteiger charge is -2.24. The van der Waals surface area contributed by atoms with Crippen molar-refractivity contribution in [3.63, 3.8) is 0 Å². The summed E-state index contributed by atoms with van der Waals surface area (Å²) in [5.41, 5.74) is 6.16. The molecule has 0 spiro atoms. The zero-order chi connectivity index (χ0) is 20.3. The first-order valence-electron chi connectivity index (χ1n) is 10.1. The van der Waals surface area contributed by atoms with Gasteiger partial charge in [0.25, 0.3) is 5.56 Å². The molecule has 3 aliphatic carbocycles. The molecule has 1 saturated carbocycles. The highest BCUT2D eigenvalue weighted by Gasteiger charge is 2.37. The normalized spacial score (nSPS) is 25.9. The minimum atomic E-state index is -1.40. The highest BCUT2D eigenvalue weighted by molar-refractivity contribution is 7.12. The molecule has 0 bridgehead atoms. The standard InChI is InChI=1S/C21H24FN3O3S/c1-28-19-17(16-8-12-10(9-23)3-2-4-15(12)29-16)14(22)7-13-18(19)25(11-5-6-11)21(27)24-20(13)26/h7-8,10-11,14,17H,2-6,9,23H2,1H3,(H,24,26,27). The lowest BCUT2D eigenvalue weighted by Crippen LogP contribution is -2.57. The van der Waals surface area contributed by atoms with Crippen LogP contribution >= 0.6 is 11.3 Å². The third-order valence-corrected chi connectivity index (χ3v) is 7.61. The Labute approximate surface area is 170 Å². The molecule has 3 unspecified atom stereocenters. The Morgan fingerprint density at radius 2 is 2.14 bits per heavy atom. The number of ether oxygens (including phenoxy) is 1. The first-order valence-corrected chi connectivity index (χ1v) is 11.0. The molecule has 3 atom stereocenters. The zero-order valence-electron chi connectivity index (χ0n) is 16.2. The smallest absolute Gasteiger partial charge is 0.329 e.